The molecule has 2 fully saturated rings. The van der Waals surface area contributed by atoms with Gasteiger partial charge in [0.2, 0.25) is 0 Å². The highest BCUT2D eigenvalue weighted by molar-refractivity contribution is 7.97. The van der Waals surface area contributed by atoms with Crippen molar-refractivity contribution in [2.75, 3.05) is 25.5 Å². The van der Waals surface area contributed by atoms with E-state index in [1.54, 1.807) is 11.9 Å². The van der Waals surface area contributed by atoms with Gasteiger partial charge in [0.05, 0.1) is 6.04 Å². The van der Waals surface area contributed by atoms with Gasteiger partial charge in [-0.05, 0) is 63.0 Å². The molecule has 0 bridgehead atoms. The van der Waals surface area contributed by atoms with E-state index < -0.39 is 0 Å². The monoisotopic (exact) mass is 377 g/mol. The molecule has 1 aromatic carbocycles. The van der Waals surface area contributed by atoms with Crippen LogP contribution in [0.1, 0.15) is 44.1 Å². The zero-order chi connectivity index (χ0) is 18.4. The van der Waals surface area contributed by atoms with Crippen molar-refractivity contribution in [2.24, 2.45) is 16.7 Å². The first-order chi connectivity index (χ1) is 12.7. The van der Waals surface area contributed by atoms with Crippen molar-refractivity contribution in [3.63, 3.8) is 0 Å². The first kappa shape index (κ1) is 19.3. The average Bonchev–Trinajstić information content (AvgIpc) is 3.19. The summed E-state index contributed by atoms with van der Waals surface area (Å²) in [6.07, 6.45) is 7.31. The number of nitrogens with zero attached hydrogens (tertiary/aromatic N) is 2. The maximum Gasteiger partial charge on any atom is 0.154 e. The van der Waals surface area contributed by atoms with E-state index in [0.717, 1.165) is 35.7 Å². The summed E-state index contributed by atoms with van der Waals surface area (Å²) in [6.45, 7) is 1.81. The summed E-state index contributed by atoms with van der Waals surface area (Å²) >= 11 is 1.56. The molecule has 1 saturated carbocycles. The predicted octanol–water partition coefficient (Wildman–Crippen LogP) is 1.82. The second kappa shape index (κ2) is 9.45. The van der Waals surface area contributed by atoms with Crippen LogP contribution in [0.3, 0.4) is 0 Å². The smallest absolute Gasteiger partial charge is 0.154 e. The summed E-state index contributed by atoms with van der Waals surface area (Å²) in [7, 11) is 1.91. The van der Waals surface area contributed by atoms with E-state index in [4.69, 9.17) is 11.6 Å². The molecule has 8 heteroatoms. The third-order valence-corrected chi connectivity index (χ3v) is 5.78. The Morgan fingerprint density at radius 2 is 2.08 bits per heavy atom. The number of benzene rings is 1. The summed E-state index contributed by atoms with van der Waals surface area (Å²) in [5.74, 6) is 6.59. The molecule has 1 atom stereocenters. The molecule has 0 spiro atoms. The molecule has 1 aliphatic heterocycles. The summed E-state index contributed by atoms with van der Waals surface area (Å²) in [4.78, 5) is 1.10. The maximum absolute atomic E-state index is 6.37. The number of nitrogens with one attached hydrogen (secondary N) is 3. The fraction of sp³-hybridized carbons (Fsp3) is 0.611. The molecule has 7 N–H and O–H groups in total. The Balaban J connectivity index is 1.81. The second-order valence-corrected chi connectivity index (χ2v) is 8.09. The first-order valence-electron chi connectivity index (χ1n) is 9.50. The predicted molar refractivity (Wildman–Crippen MR) is 110 cm³/mol. The standard InChI is InChI=1S/C18H31N7S/c1-21-26-15-7-8-17(23-13-5-3-2-4-6-13)16(11-15)18(19)24-25(20)14-9-10-22-12-14/h7-8,11,13-14,21-23H,2-6,9-10,12,20H2,1H3,(H2,19,24). The number of rotatable bonds is 7. The third kappa shape index (κ3) is 5.03. The lowest BCUT2D eigenvalue weighted by Gasteiger charge is -2.26. The van der Waals surface area contributed by atoms with Gasteiger partial charge < -0.3 is 16.4 Å². The van der Waals surface area contributed by atoms with Crippen LogP contribution in [0.2, 0.25) is 0 Å². The maximum atomic E-state index is 6.37. The SMILES string of the molecule is CNSc1ccc(NC2CCCCC2)c(/C(N)=N/N(N)C2CCNC2)c1. The quantitative estimate of drug-likeness (QED) is 0.162. The van der Waals surface area contributed by atoms with Crippen LogP contribution in [-0.4, -0.2) is 43.2 Å². The van der Waals surface area contributed by atoms with Crippen LogP contribution in [0.4, 0.5) is 5.69 Å². The lowest BCUT2D eigenvalue weighted by molar-refractivity contribution is 0.224. The molecule has 3 rings (SSSR count). The Kier molecular flexibility index (Phi) is 7.01. The van der Waals surface area contributed by atoms with E-state index in [9.17, 15) is 0 Å². The van der Waals surface area contributed by atoms with E-state index in [-0.39, 0.29) is 6.04 Å². The van der Waals surface area contributed by atoms with Crippen LogP contribution in [0.5, 0.6) is 0 Å². The minimum Gasteiger partial charge on any atom is -0.382 e. The van der Waals surface area contributed by atoms with Gasteiger partial charge in [-0.2, -0.15) is 0 Å². The van der Waals surface area contributed by atoms with Crippen LogP contribution in [0, 0.1) is 0 Å². The molecule has 1 aromatic rings. The van der Waals surface area contributed by atoms with Crippen molar-refractivity contribution in [1.29, 1.82) is 0 Å². The third-order valence-electron chi connectivity index (χ3n) is 5.08. The van der Waals surface area contributed by atoms with Crippen molar-refractivity contribution in [1.82, 2.24) is 15.2 Å². The van der Waals surface area contributed by atoms with Gasteiger partial charge in [0.15, 0.2) is 5.84 Å². The van der Waals surface area contributed by atoms with Crippen molar-refractivity contribution in [3.8, 4) is 0 Å². The van der Waals surface area contributed by atoms with E-state index in [1.165, 1.54) is 37.2 Å². The molecule has 2 aliphatic rings. The Labute approximate surface area is 160 Å². The number of hydrogen-bond acceptors (Lipinski definition) is 7. The van der Waals surface area contributed by atoms with Gasteiger partial charge in [-0.3, -0.25) is 4.72 Å². The van der Waals surface area contributed by atoms with Gasteiger partial charge in [0.25, 0.3) is 0 Å². The number of hydrazone groups is 1. The number of amidine groups is 1. The van der Waals surface area contributed by atoms with E-state index >= 15 is 0 Å². The van der Waals surface area contributed by atoms with Gasteiger partial charge in [0.1, 0.15) is 0 Å². The van der Waals surface area contributed by atoms with Crippen LogP contribution in [0.25, 0.3) is 0 Å². The largest absolute Gasteiger partial charge is 0.382 e. The average molecular weight is 378 g/mol. The molecule has 0 radical (unpaired) electrons. The fourth-order valence-corrected chi connectivity index (χ4v) is 4.18. The topological polar surface area (TPSA) is 104 Å². The molecule has 26 heavy (non-hydrogen) atoms. The highest BCUT2D eigenvalue weighted by Crippen LogP contribution is 2.27. The molecule has 1 unspecified atom stereocenters. The Morgan fingerprint density at radius 3 is 2.77 bits per heavy atom. The molecule has 1 aliphatic carbocycles. The van der Waals surface area contributed by atoms with Crippen molar-refractivity contribution >= 4 is 23.5 Å². The molecular weight excluding hydrogens is 346 g/mol. The highest BCUT2D eigenvalue weighted by atomic mass is 32.2. The van der Waals surface area contributed by atoms with Gasteiger partial charge in [-0.15, -0.1) is 5.10 Å². The summed E-state index contributed by atoms with van der Waals surface area (Å²) in [6, 6.07) is 6.98. The normalized spacial score (nSPS) is 21.8. The first-order valence-corrected chi connectivity index (χ1v) is 10.3. The molecule has 1 heterocycles. The van der Waals surface area contributed by atoms with Gasteiger partial charge in [0, 0.05) is 28.7 Å². The van der Waals surface area contributed by atoms with Gasteiger partial charge >= 0.3 is 0 Å². The second-order valence-electron chi connectivity index (χ2n) is 7.00. The Hall–Kier alpha value is -1.48. The molecule has 0 aromatic heterocycles. The summed E-state index contributed by atoms with van der Waals surface area (Å²) < 4.78 is 3.11. The molecular formula is C18H31N7S. The van der Waals surface area contributed by atoms with Crippen LogP contribution >= 0.6 is 11.9 Å². The Bertz CT molecular complexity index is 610. The van der Waals surface area contributed by atoms with Crippen LogP contribution in [-0.2, 0) is 0 Å². The highest BCUT2D eigenvalue weighted by Gasteiger charge is 2.20. The number of hydrogen-bond donors (Lipinski definition) is 5. The molecule has 7 nitrogen and oxygen atoms in total. The van der Waals surface area contributed by atoms with Crippen LogP contribution < -0.4 is 26.9 Å². The lowest BCUT2D eigenvalue weighted by Crippen LogP contribution is -2.40. The minimum absolute atomic E-state index is 0.193. The van der Waals surface area contributed by atoms with E-state index in [1.807, 2.05) is 7.05 Å². The van der Waals surface area contributed by atoms with Crippen LogP contribution in [0.15, 0.2) is 28.2 Å². The zero-order valence-electron chi connectivity index (χ0n) is 15.5. The fourth-order valence-electron chi connectivity index (χ4n) is 3.63. The zero-order valence-corrected chi connectivity index (χ0v) is 16.3. The van der Waals surface area contributed by atoms with Gasteiger partial charge in [-0.25, -0.2) is 11.0 Å². The number of anilines is 1. The lowest BCUT2D eigenvalue weighted by atomic mass is 9.95. The van der Waals surface area contributed by atoms with Crippen molar-refractivity contribution in [2.45, 2.75) is 55.5 Å². The van der Waals surface area contributed by atoms with E-state index in [2.05, 4.69) is 38.7 Å². The van der Waals surface area contributed by atoms with E-state index in [0.29, 0.717) is 11.9 Å². The summed E-state index contributed by atoms with van der Waals surface area (Å²) in [5.41, 5.74) is 8.33. The minimum atomic E-state index is 0.193. The molecule has 144 valence electrons. The van der Waals surface area contributed by atoms with Gasteiger partial charge in [-0.1, -0.05) is 19.3 Å². The molecule has 1 saturated heterocycles. The van der Waals surface area contributed by atoms with Crippen molar-refractivity contribution in [3.05, 3.63) is 23.8 Å². The molecule has 0 amide bonds. The summed E-state index contributed by atoms with van der Waals surface area (Å²) in [5, 5.41) is 13.0. The number of nitrogens with two attached hydrogens (primary N) is 2. The number of hydrazine groups is 1. The van der Waals surface area contributed by atoms with Crippen molar-refractivity contribution < 1.29 is 0 Å². The Morgan fingerprint density at radius 1 is 1.27 bits per heavy atom.